The summed E-state index contributed by atoms with van der Waals surface area (Å²) >= 11 is 0. The molecule has 0 aliphatic rings. The van der Waals surface area contributed by atoms with Gasteiger partial charge in [0.1, 0.15) is 5.75 Å². The molecule has 8 heteroatoms. The predicted octanol–water partition coefficient (Wildman–Crippen LogP) is 4.50. The van der Waals surface area contributed by atoms with Gasteiger partial charge in [0.05, 0.1) is 26.4 Å². The average molecular weight is 453 g/mol. The second-order valence-electron chi connectivity index (χ2n) is 7.18. The Labute approximate surface area is 192 Å². The molecule has 1 rings (SSSR count). The lowest BCUT2D eigenvalue weighted by Gasteiger charge is -2.23. The molecule has 1 aromatic rings. The summed E-state index contributed by atoms with van der Waals surface area (Å²) in [6, 6.07) is 1.96. The van der Waals surface area contributed by atoms with Crippen LogP contribution < -0.4 is 15.4 Å². The molecular formula is C24H40N2O6. The van der Waals surface area contributed by atoms with Crippen molar-refractivity contribution in [1.29, 1.82) is 0 Å². The normalized spacial score (nSPS) is 10.5. The third-order valence-electron chi connectivity index (χ3n) is 4.76. The first-order valence-corrected chi connectivity index (χ1v) is 11.7. The summed E-state index contributed by atoms with van der Waals surface area (Å²) in [4.78, 5) is 23.9. The minimum absolute atomic E-state index is 0.258. The maximum absolute atomic E-state index is 12.0. The molecule has 2 N–H and O–H groups in total. The number of carbonyl (C=O) groups is 2. The lowest BCUT2D eigenvalue weighted by molar-refractivity contribution is 0.137. The number of benzene rings is 1. The number of amides is 2. The Morgan fingerprint density at radius 2 is 1.41 bits per heavy atom. The quantitative estimate of drug-likeness (QED) is 0.381. The van der Waals surface area contributed by atoms with Crippen LogP contribution in [-0.2, 0) is 40.1 Å². The van der Waals surface area contributed by atoms with Gasteiger partial charge in [0.2, 0.25) is 0 Å². The van der Waals surface area contributed by atoms with Gasteiger partial charge < -0.3 is 29.6 Å². The molecule has 0 aliphatic carbocycles. The molecule has 0 unspecified atom stereocenters. The smallest absolute Gasteiger partial charge is 0.407 e. The highest BCUT2D eigenvalue weighted by molar-refractivity contribution is 5.68. The molecule has 8 nitrogen and oxygen atoms in total. The second kappa shape index (κ2) is 16.2. The molecular weight excluding hydrogens is 412 g/mol. The third kappa shape index (κ3) is 9.34. The van der Waals surface area contributed by atoms with Crippen LogP contribution in [0.3, 0.4) is 0 Å². The minimum atomic E-state index is -0.486. The van der Waals surface area contributed by atoms with E-state index >= 15 is 0 Å². The van der Waals surface area contributed by atoms with Crippen molar-refractivity contribution in [1.82, 2.24) is 10.6 Å². The number of nitrogens with one attached hydrogen (secondary N) is 2. The van der Waals surface area contributed by atoms with Crippen molar-refractivity contribution in [2.75, 3.05) is 33.0 Å². The van der Waals surface area contributed by atoms with Gasteiger partial charge in [-0.2, -0.15) is 0 Å². The fourth-order valence-corrected chi connectivity index (χ4v) is 3.38. The summed E-state index contributed by atoms with van der Waals surface area (Å²) in [5.74, 6) is 0.806. The van der Waals surface area contributed by atoms with Gasteiger partial charge in [0.25, 0.3) is 0 Å². The molecule has 0 spiro atoms. The number of rotatable bonds is 15. The van der Waals surface area contributed by atoms with Gasteiger partial charge in [-0.15, -0.1) is 0 Å². The molecule has 0 aromatic heterocycles. The van der Waals surface area contributed by atoms with Gasteiger partial charge in [0.15, 0.2) is 0 Å². The first kappa shape index (κ1) is 27.6. The molecule has 182 valence electrons. The van der Waals surface area contributed by atoms with Crippen molar-refractivity contribution in [3.05, 3.63) is 28.3 Å². The SMILES string of the molecule is CCCOCCc1c(CNC(=O)OCC)c(CNC(=O)OCC)cc(OCCC)c1CC. The third-order valence-corrected chi connectivity index (χ3v) is 4.76. The maximum atomic E-state index is 12.0. The van der Waals surface area contributed by atoms with Gasteiger partial charge in [-0.25, -0.2) is 9.59 Å². The largest absolute Gasteiger partial charge is 0.493 e. The summed E-state index contributed by atoms with van der Waals surface area (Å²) < 4.78 is 21.9. The monoisotopic (exact) mass is 452 g/mol. The summed E-state index contributed by atoms with van der Waals surface area (Å²) in [6.45, 7) is 12.7. The number of hydrogen-bond donors (Lipinski definition) is 2. The first-order valence-electron chi connectivity index (χ1n) is 11.7. The maximum Gasteiger partial charge on any atom is 0.407 e. The van der Waals surface area contributed by atoms with Crippen LogP contribution >= 0.6 is 0 Å². The van der Waals surface area contributed by atoms with Crippen molar-refractivity contribution < 1.29 is 28.5 Å². The average Bonchev–Trinajstić information content (AvgIpc) is 2.78. The van der Waals surface area contributed by atoms with E-state index in [1.54, 1.807) is 13.8 Å². The lowest BCUT2D eigenvalue weighted by atomic mass is 9.91. The van der Waals surface area contributed by atoms with Crippen LogP contribution in [0.4, 0.5) is 9.59 Å². The molecule has 0 aliphatic heterocycles. The van der Waals surface area contributed by atoms with E-state index in [-0.39, 0.29) is 13.1 Å². The Morgan fingerprint density at radius 3 is 1.97 bits per heavy atom. The van der Waals surface area contributed by atoms with Gasteiger partial charge in [-0.1, -0.05) is 20.8 Å². The number of hydrogen-bond acceptors (Lipinski definition) is 6. The molecule has 1 aromatic carbocycles. The zero-order valence-corrected chi connectivity index (χ0v) is 20.3. The Morgan fingerprint density at radius 1 is 0.781 bits per heavy atom. The molecule has 32 heavy (non-hydrogen) atoms. The standard InChI is InChI=1S/C24H40N2O6/c1-6-12-29-14-11-20-19(8-3)22(32-13-7-2)15-18(16-25-23(27)30-9-4)21(20)17-26-24(28)31-10-5/h15H,6-14,16-17H2,1-5H3,(H,25,27)(H,26,28). The van der Waals surface area contributed by atoms with Crippen LogP contribution in [0.1, 0.15) is 69.7 Å². The van der Waals surface area contributed by atoms with Crippen molar-refractivity contribution in [3.8, 4) is 5.75 Å². The fraction of sp³-hybridized carbons (Fsp3) is 0.667. The van der Waals surface area contributed by atoms with Crippen LogP contribution in [0.2, 0.25) is 0 Å². The Balaban J connectivity index is 3.36. The van der Waals surface area contributed by atoms with Gasteiger partial charge in [-0.3, -0.25) is 0 Å². The van der Waals surface area contributed by atoms with Crippen LogP contribution in [-0.4, -0.2) is 45.2 Å². The second-order valence-corrected chi connectivity index (χ2v) is 7.18. The van der Waals surface area contributed by atoms with E-state index in [9.17, 15) is 9.59 Å². The molecule has 0 atom stereocenters. The van der Waals surface area contributed by atoms with E-state index in [4.69, 9.17) is 18.9 Å². The van der Waals surface area contributed by atoms with Gasteiger partial charge >= 0.3 is 12.2 Å². The van der Waals surface area contributed by atoms with E-state index in [0.29, 0.717) is 39.5 Å². The van der Waals surface area contributed by atoms with E-state index in [1.807, 2.05) is 6.07 Å². The molecule has 0 bridgehead atoms. The van der Waals surface area contributed by atoms with E-state index in [2.05, 4.69) is 31.4 Å². The first-order chi connectivity index (χ1) is 15.5. The van der Waals surface area contributed by atoms with Gasteiger partial charge in [0, 0.05) is 19.7 Å². The van der Waals surface area contributed by atoms with E-state index in [1.165, 1.54) is 0 Å². The molecule has 0 saturated heterocycles. The molecule has 2 amide bonds. The summed E-state index contributed by atoms with van der Waals surface area (Å²) in [5, 5.41) is 5.61. The summed E-state index contributed by atoms with van der Waals surface area (Å²) in [7, 11) is 0. The van der Waals surface area contributed by atoms with Crippen LogP contribution in [0.15, 0.2) is 6.07 Å². The van der Waals surface area contributed by atoms with Crippen molar-refractivity contribution in [2.45, 2.75) is 73.4 Å². The van der Waals surface area contributed by atoms with Crippen molar-refractivity contribution in [2.24, 2.45) is 0 Å². The molecule has 0 fully saturated rings. The Bertz CT molecular complexity index is 708. The van der Waals surface area contributed by atoms with Crippen LogP contribution in [0, 0.1) is 0 Å². The topological polar surface area (TPSA) is 95.1 Å². The minimum Gasteiger partial charge on any atom is -0.493 e. The zero-order valence-electron chi connectivity index (χ0n) is 20.3. The highest BCUT2D eigenvalue weighted by atomic mass is 16.6. The van der Waals surface area contributed by atoms with E-state index in [0.717, 1.165) is 47.3 Å². The zero-order chi connectivity index (χ0) is 23.8. The highest BCUT2D eigenvalue weighted by Crippen LogP contribution is 2.31. The lowest BCUT2D eigenvalue weighted by Crippen LogP contribution is -2.28. The predicted molar refractivity (Wildman–Crippen MR) is 124 cm³/mol. The Kier molecular flexibility index (Phi) is 13.9. The van der Waals surface area contributed by atoms with E-state index < -0.39 is 12.2 Å². The molecule has 0 heterocycles. The number of ether oxygens (including phenoxy) is 4. The summed E-state index contributed by atoms with van der Waals surface area (Å²) in [6.07, 6.45) is 2.33. The summed E-state index contributed by atoms with van der Waals surface area (Å²) in [5.41, 5.74) is 3.98. The van der Waals surface area contributed by atoms with Gasteiger partial charge in [-0.05, 0) is 67.9 Å². The Hall–Kier alpha value is -2.48. The van der Waals surface area contributed by atoms with Crippen molar-refractivity contribution in [3.63, 3.8) is 0 Å². The van der Waals surface area contributed by atoms with Crippen LogP contribution in [0.25, 0.3) is 0 Å². The number of carbonyl (C=O) groups excluding carboxylic acids is 2. The highest BCUT2D eigenvalue weighted by Gasteiger charge is 2.19. The fourth-order valence-electron chi connectivity index (χ4n) is 3.38. The van der Waals surface area contributed by atoms with Crippen LogP contribution in [0.5, 0.6) is 5.75 Å². The molecule has 0 radical (unpaired) electrons. The van der Waals surface area contributed by atoms with Crippen molar-refractivity contribution >= 4 is 12.2 Å². The number of alkyl carbamates (subject to hydrolysis) is 2. The molecule has 0 saturated carbocycles.